The van der Waals surface area contributed by atoms with Gasteiger partial charge in [-0.25, -0.2) is 4.98 Å². The van der Waals surface area contributed by atoms with E-state index in [1.165, 1.54) is 0 Å². The zero-order chi connectivity index (χ0) is 16.7. The van der Waals surface area contributed by atoms with Crippen molar-refractivity contribution < 1.29 is 4.79 Å². The van der Waals surface area contributed by atoms with Crippen molar-refractivity contribution in [2.24, 2.45) is 7.05 Å². The molecule has 1 aliphatic rings. The van der Waals surface area contributed by atoms with Crippen LogP contribution in [0, 0.1) is 0 Å². The van der Waals surface area contributed by atoms with Gasteiger partial charge in [-0.3, -0.25) is 9.48 Å². The van der Waals surface area contributed by atoms with E-state index in [2.05, 4.69) is 37.3 Å². The number of anilines is 1. The van der Waals surface area contributed by atoms with E-state index in [-0.39, 0.29) is 11.9 Å². The van der Waals surface area contributed by atoms with Gasteiger partial charge in [0.25, 0.3) is 5.91 Å². The summed E-state index contributed by atoms with van der Waals surface area (Å²) in [5.74, 6) is 0.805. The summed E-state index contributed by atoms with van der Waals surface area (Å²) in [6, 6.07) is 12.0. The molecule has 1 saturated heterocycles. The third-order valence-electron chi connectivity index (χ3n) is 4.13. The maximum absolute atomic E-state index is 12.1. The molecule has 4 rings (SSSR count). The van der Waals surface area contributed by atoms with E-state index in [1.807, 2.05) is 24.3 Å². The van der Waals surface area contributed by atoms with Crippen LogP contribution in [0.25, 0.3) is 10.9 Å². The van der Waals surface area contributed by atoms with Gasteiger partial charge in [0.1, 0.15) is 11.5 Å². The Balaban J connectivity index is 1.41. The van der Waals surface area contributed by atoms with Gasteiger partial charge in [0, 0.05) is 36.2 Å². The molecular formula is C17H16BrN5O. The molecule has 0 bridgehead atoms. The standard InChI is InChI=1S/C17H16BrN5O/c1-22-7-6-14(21-22)17(24)19-13-9-23(10-13)16-5-3-11-2-4-12(18)8-15(11)20-16/h2-8,13H,9-10H2,1H3,(H,19,24). The third-order valence-corrected chi connectivity index (χ3v) is 4.62. The molecule has 3 heterocycles. The maximum Gasteiger partial charge on any atom is 0.272 e. The quantitative estimate of drug-likeness (QED) is 0.751. The van der Waals surface area contributed by atoms with E-state index in [1.54, 1.807) is 24.0 Å². The number of amides is 1. The van der Waals surface area contributed by atoms with Crippen LogP contribution in [0.1, 0.15) is 10.5 Å². The molecule has 1 aliphatic heterocycles. The molecule has 0 unspecified atom stereocenters. The van der Waals surface area contributed by atoms with Gasteiger partial charge in [-0.1, -0.05) is 22.0 Å². The van der Waals surface area contributed by atoms with Crippen LogP contribution in [-0.4, -0.2) is 39.8 Å². The highest BCUT2D eigenvalue weighted by molar-refractivity contribution is 9.10. The Morgan fingerprint density at radius 1 is 1.25 bits per heavy atom. The molecule has 0 aliphatic carbocycles. The molecule has 24 heavy (non-hydrogen) atoms. The Labute approximate surface area is 147 Å². The Morgan fingerprint density at radius 3 is 2.79 bits per heavy atom. The SMILES string of the molecule is Cn1ccc(C(=O)NC2CN(c3ccc4ccc(Br)cc4n3)C2)n1. The van der Waals surface area contributed by atoms with Crippen molar-refractivity contribution in [3.8, 4) is 0 Å². The first-order valence-electron chi connectivity index (χ1n) is 7.70. The van der Waals surface area contributed by atoms with Crippen LogP contribution in [0.2, 0.25) is 0 Å². The van der Waals surface area contributed by atoms with E-state index in [4.69, 9.17) is 4.98 Å². The van der Waals surface area contributed by atoms with Crippen LogP contribution in [-0.2, 0) is 7.05 Å². The van der Waals surface area contributed by atoms with Crippen LogP contribution in [0.4, 0.5) is 5.82 Å². The van der Waals surface area contributed by atoms with E-state index in [0.29, 0.717) is 5.69 Å². The van der Waals surface area contributed by atoms with Crippen molar-refractivity contribution in [3.05, 3.63) is 52.8 Å². The largest absolute Gasteiger partial charge is 0.352 e. The fraction of sp³-hybridized carbons (Fsp3) is 0.235. The number of benzene rings is 1. The van der Waals surface area contributed by atoms with Crippen molar-refractivity contribution in [1.82, 2.24) is 20.1 Å². The smallest absolute Gasteiger partial charge is 0.272 e. The predicted molar refractivity (Wildman–Crippen MR) is 96.1 cm³/mol. The minimum absolute atomic E-state index is 0.125. The highest BCUT2D eigenvalue weighted by Crippen LogP contribution is 2.24. The Kier molecular flexibility index (Phi) is 3.72. The van der Waals surface area contributed by atoms with Crippen LogP contribution in [0.3, 0.4) is 0 Å². The summed E-state index contributed by atoms with van der Waals surface area (Å²) in [7, 11) is 1.80. The van der Waals surface area contributed by atoms with Gasteiger partial charge in [0.05, 0.1) is 11.6 Å². The minimum Gasteiger partial charge on any atom is -0.352 e. The summed E-state index contributed by atoms with van der Waals surface area (Å²) in [4.78, 5) is 18.9. The van der Waals surface area contributed by atoms with Crippen molar-refractivity contribution in [3.63, 3.8) is 0 Å². The number of carbonyl (C=O) groups is 1. The second kappa shape index (κ2) is 5.90. The molecule has 2 aromatic heterocycles. The van der Waals surface area contributed by atoms with E-state index < -0.39 is 0 Å². The van der Waals surface area contributed by atoms with Crippen LogP contribution >= 0.6 is 15.9 Å². The lowest BCUT2D eigenvalue weighted by atomic mass is 10.1. The number of hydrogen-bond donors (Lipinski definition) is 1. The molecule has 3 aromatic rings. The van der Waals surface area contributed by atoms with Crippen LogP contribution < -0.4 is 10.2 Å². The maximum atomic E-state index is 12.1. The summed E-state index contributed by atoms with van der Waals surface area (Å²) in [6.07, 6.45) is 1.76. The molecule has 1 aromatic carbocycles. The van der Waals surface area contributed by atoms with Gasteiger partial charge in [-0.15, -0.1) is 0 Å². The van der Waals surface area contributed by atoms with Gasteiger partial charge in [0.2, 0.25) is 0 Å². The summed E-state index contributed by atoms with van der Waals surface area (Å²) in [5, 5.41) is 8.23. The van der Waals surface area contributed by atoms with Gasteiger partial charge in [-0.2, -0.15) is 5.10 Å². The van der Waals surface area contributed by atoms with E-state index in [9.17, 15) is 4.79 Å². The van der Waals surface area contributed by atoms with Crippen molar-refractivity contribution in [2.45, 2.75) is 6.04 Å². The molecule has 0 radical (unpaired) electrons. The molecule has 1 amide bonds. The molecule has 1 fully saturated rings. The van der Waals surface area contributed by atoms with Gasteiger partial charge < -0.3 is 10.2 Å². The summed E-state index contributed by atoms with van der Waals surface area (Å²) in [6.45, 7) is 1.51. The first kappa shape index (κ1) is 15.1. The summed E-state index contributed by atoms with van der Waals surface area (Å²) < 4.78 is 2.64. The third kappa shape index (κ3) is 2.87. The fourth-order valence-corrected chi connectivity index (χ4v) is 3.16. The molecule has 0 spiro atoms. The summed E-state index contributed by atoms with van der Waals surface area (Å²) in [5.41, 5.74) is 1.41. The highest BCUT2D eigenvalue weighted by Gasteiger charge is 2.29. The molecule has 6 nitrogen and oxygen atoms in total. The first-order valence-corrected chi connectivity index (χ1v) is 8.49. The lowest BCUT2D eigenvalue weighted by Crippen LogP contribution is -2.59. The number of hydrogen-bond acceptors (Lipinski definition) is 4. The highest BCUT2D eigenvalue weighted by atomic mass is 79.9. The summed E-state index contributed by atoms with van der Waals surface area (Å²) >= 11 is 3.48. The number of halogens is 1. The number of aromatic nitrogens is 3. The second-order valence-corrected chi connectivity index (χ2v) is 6.87. The Bertz CT molecular complexity index is 916. The van der Waals surface area contributed by atoms with Crippen molar-refractivity contribution >= 4 is 38.6 Å². The number of carbonyl (C=O) groups excluding carboxylic acids is 1. The second-order valence-electron chi connectivity index (χ2n) is 5.96. The Hall–Kier alpha value is -2.41. The fourth-order valence-electron chi connectivity index (χ4n) is 2.81. The average Bonchev–Trinajstić information content (AvgIpc) is 2.96. The first-order chi connectivity index (χ1) is 11.6. The van der Waals surface area contributed by atoms with E-state index >= 15 is 0 Å². The number of fused-ring (bicyclic) bond motifs is 1. The predicted octanol–water partition coefficient (Wildman–Crippen LogP) is 2.35. The Morgan fingerprint density at radius 2 is 2.04 bits per heavy atom. The number of nitrogens with one attached hydrogen (secondary N) is 1. The van der Waals surface area contributed by atoms with Crippen LogP contribution in [0.15, 0.2) is 47.1 Å². The number of pyridine rings is 1. The lowest BCUT2D eigenvalue weighted by Gasteiger charge is -2.40. The zero-order valence-corrected chi connectivity index (χ0v) is 14.7. The van der Waals surface area contributed by atoms with Crippen LogP contribution in [0.5, 0.6) is 0 Å². The minimum atomic E-state index is -0.129. The molecule has 7 heteroatoms. The average molecular weight is 386 g/mol. The number of rotatable bonds is 3. The van der Waals surface area contributed by atoms with Gasteiger partial charge in [0.15, 0.2) is 0 Å². The lowest BCUT2D eigenvalue weighted by molar-refractivity contribution is 0.0924. The van der Waals surface area contributed by atoms with Gasteiger partial charge in [-0.05, 0) is 30.3 Å². The molecule has 122 valence electrons. The normalized spacial score (nSPS) is 14.7. The zero-order valence-electron chi connectivity index (χ0n) is 13.1. The molecular weight excluding hydrogens is 370 g/mol. The number of aryl methyl sites for hydroxylation is 1. The van der Waals surface area contributed by atoms with Crippen molar-refractivity contribution in [1.29, 1.82) is 0 Å². The van der Waals surface area contributed by atoms with E-state index in [0.717, 1.165) is 34.3 Å². The molecule has 0 atom stereocenters. The topological polar surface area (TPSA) is 63.1 Å². The van der Waals surface area contributed by atoms with Gasteiger partial charge >= 0.3 is 0 Å². The monoisotopic (exact) mass is 385 g/mol. The number of nitrogens with zero attached hydrogens (tertiary/aromatic N) is 4. The molecule has 0 saturated carbocycles. The van der Waals surface area contributed by atoms with Crippen molar-refractivity contribution in [2.75, 3.05) is 18.0 Å². The molecule has 1 N–H and O–H groups in total.